The monoisotopic (exact) mass is 322 g/mol. The van der Waals surface area contributed by atoms with Gasteiger partial charge in [-0.1, -0.05) is 34.1 Å². The van der Waals surface area contributed by atoms with Crippen molar-refractivity contribution in [2.75, 3.05) is 0 Å². The van der Waals surface area contributed by atoms with Crippen molar-refractivity contribution in [2.45, 2.75) is 0 Å². The predicted octanol–water partition coefficient (Wildman–Crippen LogP) is 4.89. The van der Waals surface area contributed by atoms with Crippen molar-refractivity contribution in [1.82, 2.24) is 9.55 Å². The molecule has 0 unspecified atom stereocenters. The van der Waals surface area contributed by atoms with Crippen molar-refractivity contribution in [3.8, 4) is 17.1 Å². The largest absolute Gasteiger partial charge is 0.301 e. The Bertz CT molecular complexity index is 862. The van der Waals surface area contributed by atoms with E-state index < -0.39 is 0 Å². The number of fused-ring (bicyclic) bond motifs is 3. The molecule has 0 aromatic heterocycles. The topological polar surface area (TPSA) is 17.8 Å². The van der Waals surface area contributed by atoms with Gasteiger partial charge in [0.1, 0.15) is 5.82 Å². The number of para-hydroxylation sites is 1. The third kappa shape index (κ3) is 1.74. The van der Waals surface area contributed by atoms with Gasteiger partial charge in [-0.05, 0) is 42.5 Å². The van der Waals surface area contributed by atoms with E-state index in [2.05, 4.69) is 69.2 Å². The van der Waals surface area contributed by atoms with Crippen LogP contribution in [0.1, 0.15) is 0 Å². The standard InChI is InChI=1S/C17H11BrN2/c18-12-7-9-13(10-8-12)20-11-3-5-15-14-4-1-2-6-16(14)19-17(15)20/h1-11H. The molecule has 20 heavy (non-hydrogen) atoms. The van der Waals surface area contributed by atoms with Gasteiger partial charge in [-0.25, -0.2) is 4.98 Å². The molecule has 2 heterocycles. The van der Waals surface area contributed by atoms with Crippen LogP contribution in [-0.2, 0) is 0 Å². The summed E-state index contributed by atoms with van der Waals surface area (Å²) in [5, 5.41) is 1.20. The summed E-state index contributed by atoms with van der Waals surface area (Å²) in [6.45, 7) is 0. The molecule has 0 fully saturated rings. The highest BCUT2D eigenvalue weighted by Crippen LogP contribution is 2.32. The van der Waals surface area contributed by atoms with Gasteiger partial charge in [0.05, 0.1) is 5.52 Å². The second-order valence-corrected chi connectivity index (χ2v) is 5.64. The number of pyridine rings is 1. The maximum atomic E-state index is 4.77. The highest BCUT2D eigenvalue weighted by Gasteiger charge is 2.14. The van der Waals surface area contributed by atoms with Crippen molar-refractivity contribution >= 4 is 26.8 Å². The molecule has 0 saturated carbocycles. The quantitative estimate of drug-likeness (QED) is 0.487. The molecule has 2 aromatic carbocycles. The fourth-order valence-corrected chi connectivity index (χ4v) is 2.81. The number of nitrogens with zero attached hydrogens (tertiary/aromatic N) is 2. The summed E-state index contributed by atoms with van der Waals surface area (Å²) >= 11 is 3.47. The molecular weight excluding hydrogens is 312 g/mol. The third-order valence-electron chi connectivity index (χ3n) is 3.49. The molecular formula is C17H11BrN2. The molecule has 4 rings (SSSR count). The molecule has 2 nitrogen and oxygen atoms in total. The summed E-state index contributed by atoms with van der Waals surface area (Å²) in [6.07, 6.45) is 2.05. The van der Waals surface area contributed by atoms with Gasteiger partial charge in [0.15, 0.2) is 0 Å². The molecule has 0 aliphatic carbocycles. The van der Waals surface area contributed by atoms with Crippen molar-refractivity contribution in [3.63, 3.8) is 0 Å². The average molecular weight is 323 g/mol. The normalized spacial score (nSPS) is 11.2. The van der Waals surface area contributed by atoms with Crippen LogP contribution in [-0.4, -0.2) is 9.55 Å². The Morgan fingerprint density at radius 2 is 1.65 bits per heavy atom. The minimum absolute atomic E-state index is 0.996. The van der Waals surface area contributed by atoms with Gasteiger partial charge in [-0.15, -0.1) is 0 Å². The van der Waals surface area contributed by atoms with Crippen LogP contribution in [0.2, 0.25) is 0 Å². The second kappa shape index (κ2) is 4.46. The fourth-order valence-electron chi connectivity index (χ4n) is 2.55. The van der Waals surface area contributed by atoms with Crippen molar-refractivity contribution in [3.05, 3.63) is 71.3 Å². The molecule has 2 aliphatic heterocycles. The Labute approximate surface area is 125 Å². The molecule has 0 saturated heterocycles. The predicted molar refractivity (Wildman–Crippen MR) is 85.4 cm³/mol. The first-order valence-electron chi connectivity index (χ1n) is 6.45. The van der Waals surface area contributed by atoms with E-state index in [0.717, 1.165) is 21.5 Å². The van der Waals surface area contributed by atoms with E-state index in [-0.39, 0.29) is 0 Å². The van der Waals surface area contributed by atoms with Crippen LogP contribution < -0.4 is 0 Å². The lowest BCUT2D eigenvalue weighted by Gasteiger charge is -2.11. The van der Waals surface area contributed by atoms with E-state index in [1.54, 1.807) is 0 Å². The number of benzene rings is 2. The first-order valence-corrected chi connectivity index (χ1v) is 7.24. The van der Waals surface area contributed by atoms with Crippen molar-refractivity contribution in [2.24, 2.45) is 0 Å². The number of aromatic nitrogens is 2. The zero-order valence-corrected chi connectivity index (χ0v) is 12.2. The van der Waals surface area contributed by atoms with E-state index in [4.69, 9.17) is 4.98 Å². The SMILES string of the molecule is Brc1ccc(-n2cccc3c4ccccc4nc2-3)cc1. The van der Waals surface area contributed by atoms with Gasteiger partial charge in [0, 0.05) is 27.3 Å². The Balaban J connectivity index is 2.01. The highest BCUT2D eigenvalue weighted by atomic mass is 79.9. The van der Waals surface area contributed by atoms with Gasteiger partial charge in [-0.2, -0.15) is 0 Å². The number of hydrogen-bond donors (Lipinski definition) is 0. The van der Waals surface area contributed by atoms with E-state index in [1.165, 1.54) is 10.9 Å². The van der Waals surface area contributed by atoms with Gasteiger partial charge in [-0.3, -0.25) is 0 Å². The average Bonchev–Trinajstić information content (AvgIpc) is 2.87. The Hall–Kier alpha value is -2.13. The first kappa shape index (κ1) is 11.7. The van der Waals surface area contributed by atoms with E-state index in [0.29, 0.717) is 0 Å². The van der Waals surface area contributed by atoms with Gasteiger partial charge >= 0.3 is 0 Å². The maximum absolute atomic E-state index is 4.77. The van der Waals surface area contributed by atoms with Crippen LogP contribution >= 0.6 is 15.9 Å². The molecule has 3 heteroatoms. The molecule has 2 aliphatic rings. The van der Waals surface area contributed by atoms with Crippen LogP contribution in [0.3, 0.4) is 0 Å². The van der Waals surface area contributed by atoms with Crippen LogP contribution in [0, 0.1) is 0 Å². The van der Waals surface area contributed by atoms with Crippen LogP contribution in [0.4, 0.5) is 0 Å². The lowest BCUT2D eigenvalue weighted by atomic mass is 10.1. The summed E-state index contributed by atoms with van der Waals surface area (Å²) in [6, 6.07) is 20.7. The third-order valence-corrected chi connectivity index (χ3v) is 4.02. The van der Waals surface area contributed by atoms with E-state index >= 15 is 0 Å². The number of hydrogen-bond acceptors (Lipinski definition) is 1. The molecule has 0 spiro atoms. The van der Waals surface area contributed by atoms with Crippen molar-refractivity contribution in [1.29, 1.82) is 0 Å². The Morgan fingerprint density at radius 1 is 0.850 bits per heavy atom. The van der Waals surface area contributed by atoms with Crippen LogP contribution in [0.5, 0.6) is 0 Å². The summed E-state index contributed by atoms with van der Waals surface area (Å²) in [7, 11) is 0. The summed E-state index contributed by atoms with van der Waals surface area (Å²) in [5.41, 5.74) is 3.34. The summed E-state index contributed by atoms with van der Waals surface area (Å²) < 4.78 is 3.21. The minimum Gasteiger partial charge on any atom is -0.301 e. The number of rotatable bonds is 1. The van der Waals surface area contributed by atoms with Crippen LogP contribution in [0.25, 0.3) is 28.0 Å². The van der Waals surface area contributed by atoms with E-state index in [9.17, 15) is 0 Å². The Morgan fingerprint density at radius 3 is 2.50 bits per heavy atom. The van der Waals surface area contributed by atoms with Gasteiger partial charge in [0.25, 0.3) is 0 Å². The van der Waals surface area contributed by atoms with Crippen molar-refractivity contribution < 1.29 is 0 Å². The Kier molecular flexibility index (Phi) is 2.60. The van der Waals surface area contributed by atoms with Gasteiger partial charge < -0.3 is 4.57 Å². The molecule has 0 radical (unpaired) electrons. The maximum Gasteiger partial charge on any atom is 0.145 e. The second-order valence-electron chi connectivity index (χ2n) is 4.72. The zero-order valence-electron chi connectivity index (χ0n) is 10.6. The molecule has 2 aromatic rings. The molecule has 0 amide bonds. The smallest absolute Gasteiger partial charge is 0.145 e. The zero-order chi connectivity index (χ0) is 13.5. The number of halogens is 1. The molecule has 0 N–H and O–H groups in total. The lowest BCUT2D eigenvalue weighted by molar-refractivity contribution is 1.02. The summed E-state index contributed by atoms with van der Waals surface area (Å²) in [5.74, 6) is 0.996. The van der Waals surface area contributed by atoms with Crippen LogP contribution in [0.15, 0.2) is 71.3 Å². The molecule has 0 atom stereocenters. The molecule has 0 bridgehead atoms. The first-order chi connectivity index (χ1) is 9.83. The van der Waals surface area contributed by atoms with E-state index in [1.807, 2.05) is 18.2 Å². The minimum atomic E-state index is 0.996. The van der Waals surface area contributed by atoms with Gasteiger partial charge in [0.2, 0.25) is 0 Å². The summed E-state index contributed by atoms with van der Waals surface area (Å²) in [4.78, 5) is 4.77. The molecule has 96 valence electrons. The highest BCUT2D eigenvalue weighted by molar-refractivity contribution is 9.10. The lowest BCUT2D eigenvalue weighted by Crippen LogP contribution is -1.99. The fraction of sp³-hybridized carbons (Fsp3) is 0.